The number of carbonyl (C=O) groups excluding carboxylic acids is 2. The number of amides is 3. The number of imide groups is 1. The first-order valence-electron chi connectivity index (χ1n) is 10.2. The third-order valence-electron chi connectivity index (χ3n) is 5.72. The van der Waals surface area contributed by atoms with Crippen molar-refractivity contribution in [2.24, 2.45) is 15.2 Å². The molecule has 3 N–H and O–H groups in total. The van der Waals surface area contributed by atoms with Gasteiger partial charge in [-0.2, -0.15) is 0 Å². The van der Waals surface area contributed by atoms with Crippen LogP contribution in [0.4, 0.5) is 10.5 Å². The average Bonchev–Trinajstić information content (AvgIpc) is 3.32. The fraction of sp³-hybridized carbons (Fsp3) is 0.227. The van der Waals surface area contributed by atoms with Crippen LogP contribution in [0.25, 0.3) is 10.9 Å². The minimum atomic E-state index is -0.702. The summed E-state index contributed by atoms with van der Waals surface area (Å²) >= 11 is 0. The number of carbonyl (C=O) groups is 2. The number of aromatic amines is 1. The van der Waals surface area contributed by atoms with Crippen LogP contribution in [-0.2, 0) is 11.2 Å². The van der Waals surface area contributed by atoms with E-state index in [0.717, 1.165) is 11.1 Å². The van der Waals surface area contributed by atoms with Crippen LogP contribution in [0.5, 0.6) is 5.88 Å². The van der Waals surface area contributed by atoms with Gasteiger partial charge >= 0.3 is 6.03 Å². The van der Waals surface area contributed by atoms with E-state index in [9.17, 15) is 14.7 Å². The number of aliphatic imine (C=N–C) groups is 1. The topological polar surface area (TPSA) is 126 Å². The summed E-state index contributed by atoms with van der Waals surface area (Å²) in [5.41, 5.74) is 2.11. The van der Waals surface area contributed by atoms with Crippen LogP contribution in [0, 0.1) is 0 Å². The van der Waals surface area contributed by atoms with Crippen molar-refractivity contribution in [1.82, 2.24) is 20.1 Å². The predicted octanol–water partition coefficient (Wildman–Crippen LogP) is 2.75. The zero-order chi connectivity index (χ0) is 22.2. The molecule has 1 aromatic heterocycles. The summed E-state index contributed by atoms with van der Waals surface area (Å²) in [5.74, 6) is -0.292. The molecule has 2 aromatic carbocycles. The molecule has 0 radical (unpaired) electrons. The maximum Gasteiger partial charge on any atom is 0.325 e. The fourth-order valence-electron chi connectivity index (χ4n) is 4.04. The molecule has 2 aliphatic rings. The molecule has 1 fully saturated rings. The number of guanidine groups is 1. The Morgan fingerprint density at radius 3 is 2.62 bits per heavy atom. The van der Waals surface area contributed by atoms with Gasteiger partial charge in [0.15, 0.2) is 17.9 Å². The molecule has 0 spiro atoms. The van der Waals surface area contributed by atoms with Crippen molar-refractivity contribution in [3.05, 3.63) is 60.2 Å². The Kier molecular flexibility index (Phi) is 4.81. The Labute approximate surface area is 183 Å². The maximum absolute atomic E-state index is 12.7. The normalized spacial score (nSPS) is 20.7. The van der Waals surface area contributed by atoms with Crippen LogP contribution in [0.1, 0.15) is 5.56 Å². The first-order valence-corrected chi connectivity index (χ1v) is 10.2. The summed E-state index contributed by atoms with van der Waals surface area (Å²) in [4.78, 5) is 35.3. The standard InChI is InChI=1S/C22H21N7O3/c1-28-18-17(20(31)25-22(28)32)29(12-11-13-7-3-2-4-8-13)21(24-18)27-26-16-14-9-5-6-10-15(14)23-19(16)30/h2-10,17-18,23,30H,11-12H2,1H3,(H,25,31,32). The number of fused-ring (bicyclic) bond motifs is 2. The lowest BCUT2D eigenvalue weighted by Crippen LogP contribution is -2.63. The largest absolute Gasteiger partial charge is 0.493 e. The Morgan fingerprint density at radius 1 is 1.06 bits per heavy atom. The van der Waals surface area contributed by atoms with Crippen LogP contribution in [0.3, 0.4) is 0 Å². The molecule has 3 amide bonds. The molecule has 5 rings (SSSR count). The van der Waals surface area contributed by atoms with Crippen molar-refractivity contribution in [2.45, 2.75) is 18.6 Å². The zero-order valence-corrected chi connectivity index (χ0v) is 17.3. The Morgan fingerprint density at radius 2 is 1.81 bits per heavy atom. The van der Waals surface area contributed by atoms with Gasteiger partial charge in [-0.15, -0.1) is 10.2 Å². The Hall–Kier alpha value is -4.21. The van der Waals surface area contributed by atoms with Gasteiger partial charge in [-0.05, 0) is 18.1 Å². The lowest BCUT2D eigenvalue weighted by Gasteiger charge is -2.35. The van der Waals surface area contributed by atoms with Crippen LogP contribution < -0.4 is 5.32 Å². The predicted molar refractivity (Wildman–Crippen MR) is 118 cm³/mol. The van der Waals surface area contributed by atoms with E-state index in [1.165, 1.54) is 4.90 Å². The third-order valence-corrected chi connectivity index (χ3v) is 5.72. The van der Waals surface area contributed by atoms with E-state index in [1.807, 2.05) is 54.6 Å². The van der Waals surface area contributed by atoms with Crippen molar-refractivity contribution in [2.75, 3.05) is 13.6 Å². The number of likely N-dealkylation sites (N-methyl/N-ethyl adjacent to an activating group) is 1. The highest BCUT2D eigenvalue weighted by Gasteiger charge is 2.48. The van der Waals surface area contributed by atoms with Crippen molar-refractivity contribution < 1.29 is 14.7 Å². The smallest absolute Gasteiger partial charge is 0.325 e. The number of nitrogens with zero attached hydrogens (tertiary/aromatic N) is 5. The van der Waals surface area contributed by atoms with Crippen molar-refractivity contribution in [3.8, 4) is 5.88 Å². The van der Waals surface area contributed by atoms with E-state index in [1.54, 1.807) is 11.9 Å². The summed E-state index contributed by atoms with van der Waals surface area (Å²) < 4.78 is 0. The van der Waals surface area contributed by atoms with E-state index in [0.29, 0.717) is 18.4 Å². The minimum absolute atomic E-state index is 0.105. The molecule has 0 aliphatic carbocycles. The minimum Gasteiger partial charge on any atom is -0.493 e. The highest BCUT2D eigenvalue weighted by Crippen LogP contribution is 2.35. The molecule has 2 aliphatic heterocycles. The molecule has 32 heavy (non-hydrogen) atoms. The number of hydrogen-bond donors (Lipinski definition) is 3. The van der Waals surface area contributed by atoms with Crippen molar-refractivity contribution in [1.29, 1.82) is 0 Å². The van der Waals surface area contributed by atoms with Gasteiger partial charge in [0.05, 0.1) is 5.52 Å². The van der Waals surface area contributed by atoms with Gasteiger partial charge in [-0.3, -0.25) is 10.1 Å². The van der Waals surface area contributed by atoms with Crippen LogP contribution >= 0.6 is 0 Å². The van der Waals surface area contributed by atoms with E-state index in [2.05, 4.69) is 25.5 Å². The number of aromatic nitrogens is 1. The van der Waals surface area contributed by atoms with E-state index < -0.39 is 24.1 Å². The van der Waals surface area contributed by atoms with Gasteiger partial charge in [-0.1, -0.05) is 48.5 Å². The van der Waals surface area contributed by atoms with E-state index in [-0.39, 0.29) is 17.5 Å². The molecule has 3 heterocycles. The first-order chi connectivity index (χ1) is 15.5. The number of H-pyrrole nitrogens is 1. The zero-order valence-electron chi connectivity index (χ0n) is 17.3. The molecule has 10 heteroatoms. The van der Waals surface area contributed by atoms with Gasteiger partial charge in [0.25, 0.3) is 5.91 Å². The SMILES string of the molecule is CN1C(=O)NC(=O)C2C1N=C(N=Nc1c(O)[nH]c3ccccc13)N2CCc1ccccc1. The number of aromatic hydroxyl groups is 1. The van der Waals surface area contributed by atoms with Gasteiger partial charge in [0.2, 0.25) is 11.8 Å². The third kappa shape index (κ3) is 3.35. The molecule has 2 unspecified atom stereocenters. The number of nitrogens with one attached hydrogen (secondary N) is 2. The lowest BCUT2D eigenvalue weighted by molar-refractivity contribution is -0.127. The highest BCUT2D eigenvalue weighted by molar-refractivity contribution is 6.04. The fourth-order valence-corrected chi connectivity index (χ4v) is 4.04. The summed E-state index contributed by atoms with van der Waals surface area (Å²) in [7, 11) is 1.59. The summed E-state index contributed by atoms with van der Waals surface area (Å²) in [6.07, 6.45) is -0.0421. The molecule has 2 atom stereocenters. The van der Waals surface area contributed by atoms with E-state index in [4.69, 9.17) is 0 Å². The van der Waals surface area contributed by atoms with Gasteiger partial charge in [0.1, 0.15) is 0 Å². The summed E-state index contributed by atoms with van der Waals surface area (Å²) in [6, 6.07) is 16.0. The molecule has 3 aromatic rings. The quantitative estimate of drug-likeness (QED) is 0.549. The second kappa shape index (κ2) is 7.80. The summed E-state index contributed by atoms with van der Waals surface area (Å²) in [5, 5.41) is 21.9. The Balaban J connectivity index is 1.48. The average molecular weight is 431 g/mol. The number of urea groups is 1. The molecular weight excluding hydrogens is 410 g/mol. The second-order valence-electron chi connectivity index (χ2n) is 7.69. The molecular formula is C22H21N7O3. The number of para-hydroxylation sites is 1. The second-order valence-corrected chi connectivity index (χ2v) is 7.69. The number of benzene rings is 2. The highest BCUT2D eigenvalue weighted by atomic mass is 16.3. The molecule has 1 saturated heterocycles. The number of rotatable bonds is 4. The van der Waals surface area contributed by atoms with Crippen molar-refractivity contribution in [3.63, 3.8) is 0 Å². The van der Waals surface area contributed by atoms with Gasteiger partial charge in [0, 0.05) is 19.0 Å². The number of azo groups is 1. The van der Waals surface area contributed by atoms with Gasteiger partial charge < -0.3 is 19.9 Å². The van der Waals surface area contributed by atoms with Crippen molar-refractivity contribution >= 4 is 34.5 Å². The molecule has 10 nitrogen and oxygen atoms in total. The van der Waals surface area contributed by atoms with Gasteiger partial charge in [-0.25, -0.2) is 9.79 Å². The van der Waals surface area contributed by atoms with Crippen LogP contribution in [0.2, 0.25) is 0 Å². The van der Waals surface area contributed by atoms with E-state index >= 15 is 0 Å². The lowest BCUT2D eigenvalue weighted by atomic mass is 10.1. The monoisotopic (exact) mass is 431 g/mol. The summed E-state index contributed by atoms with van der Waals surface area (Å²) in [6.45, 7) is 0.457. The molecule has 0 bridgehead atoms. The molecule has 162 valence electrons. The van der Waals surface area contributed by atoms with Crippen LogP contribution in [-0.4, -0.2) is 63.6 Å². The maximum atomic E-state index is 12.7. The van der Waals surface area contributed by atoms with Crippen LogP contribution in [0.15, 0.2) is 69.8 Å². The first kappa shape index (κ1) is 19.7. The molecule has 0 saturated carbocycles. The Bertz CT molecular complexity index is 1250. The number of hydrogen-bond acceptors (Lipinski definition) is 7.